The van der Waals surface area contributed by atoms with Gasteiger partial charge >= 0.3 is 0 Å². The van der Waals surface area contributed by atoms with Gasteiger partial charge in [0.05, 0.1) is 0 Å². The summed E-state index contributed by atoms with van der Waals surface area (Å²) in [4.78, 5) is 8.52. The highest BCUT2D eigenvalue weighted by atomic mass is 15.3. The third-order valence-electron chi connectivity index (χ3n) is 4.79. The van der Waals surface area contributed by atoms with Crippen LogP contribution in [0, 0.1) is 23.7 Å². The Labute approximate surface area is 109 Å². The van der Waals surface area contributed by atoms with Crippen LogP contribution in [0.2, 0.25) is 0 Å². The van der Waals surface area contributed by atoms with Gasteiger partial charge in [0.15, 0.2) is 0 Å². The third kappa shape index (κ3) is 2.03. The van der Waals surface area contributed by atoms with Crippen LogP contribution in [-0.2, 0) is 0 Å². The maximum atomic E-state index is 5.37. The molecular formula is C13H23N5. The minimum absolute atomic E-state index is 0.386. The van der Waals surface area contributed by atoms with E-state index in [1.807, 2.05) is 13.0 Å². The summed E-state index contributed by atoms with van der Waals surface area (Å²) >= 11 is 0. The number of hydrogen-bond acceptors (Lipinski definition) is 5. The molecule has 1 saturated carbocycles. The minimum Gasteiger partial charge on any atom is -0.370 e. The molecule has 0 unspecified atom stereocenters. The molecule has 1 aliphatic carbocycles. The molecule has 1 aromatic heterocycles. The van der Waals surface area contributed by atoms with Crippen molar-refractivity contribution in [1.82, 2.24) is 9.97 Å². The van der Waals surface area contributed by atoms with Gasteiger partial charge in [0.2, 0.25) is 0 Å². The fraction of sp³-hybridized carbons (Fsp3) is 0.692. The Bertz CT molecular complexity index is 439. The number of aryl methyl sites for hydroxylation is 1. The molecule has 0 atom stereocenters. The minimum atomic E-state index is 0.386. The van der Waals surface area contributed by atoms with Gasteiger partial charge < -0.3 is 10.7 Å². The van der Waals surface area contributed by atoms with Crippen molar-refractivity contribution in [2.75, 3.05) is 17.3 Å². The number of nitrogen functional groups attached to an aromatic ring is 1. The summed E-state index contributed by atoms with van der Waals surface area (Å²) in [6, 6.07) is 1.83. The zero-order chi connectivity index (χ0) is 13.6. The molecule has 4 N–H and O–H groups in total. The number of hydrogen-bond donors (Lipinski definition) is 3. The van der Waals surface area contributed by atoms with Crippen molar-refractivity contribution in [2.24, 2.45) is 22.6 Å². The van der Waals surface area contributed by atoms with E-state index in [1.165, 1.54) is 0 Å². The zero-order valence-corrected chi connectivity index (χ0v) is 11.8. The Morgan fingerprint density at radius 1 is 1.17 bits per heavy atom. The number of hydrazine groups is 1. The summed E-state index contributed by atoms with van der Waals surface area (Å²) in [5, 5.41) is 3.39. The first kappa shape index (κ1) is 13.1. The highest BCUT2D eigenvalue weighted by Gasteiger charge is 2.64. The molecule has 0 aromatic carbocycles. The van der Waals surface area contributed by atoms with Crippen LogP contribution in [0.5, 0.6) is 0 Å². The number of nitrogens with two attached hydrogens (primary N) is 1. The van der Waals surface area contributed by atoms with Gasteiger partial charge in [0, 0.05) is 12.6 Å². The van der Waals surface area contributed by atoms with Gasteiger partial charge in [-0.2, -0.15) is 0 Å². The fourth-order valence-corrected chi connectivity index (χ4v) is 2.78. The van der Waals surface area contributed by atoms with Crippen LogP contribution in [0.1, 0.15) is 33.5 Å². The van der Waals surface area contributed by atoms with E-state index < -0.39 is 0 Å². The van der Waals surface area contributed by atoms with Crippen LogP contribution in [0.25, 0.3) is 0 Å². The first-order chi connectivity index (χ1) is 8.29. The van der Waals surface area contributed by atoms with Gasteiger partial charge in [0.25, 0.3) is 0 Å². The number of anilines is 2. The second kappa shape index (κ2) is 4.09. The third-order valence-corrected chi connectivity index (χ3v) is 4.79. The second-order valence-corrected chi connectivity index (χ2v) is 6.21. The number of nitrogens with one attached hydrogen (secondary N) is 2. The topological polar surface area (TPSA) is 75.9 Å². The fourth-order valence-electron chi connectivity index (χ4n) is 2.78. The smallest absolute Gasteiger partial charge is 0.145 e. The Kier molecular flexibility index (Phi) is 2.97. The van der Waals surface area contributed by atoms with E-state index in [-0.39, 0.29) is 0 Å². The summed E-state index contributed by atoms with van der Waals surface area (Å²) in [6.07, 6.45) is 0. The average molecular weight is 249 g/mol. The predicted octanol–water partition coefficient (Wildman–Crippen LogP) is 2.16. The van der Waals surface area contributed by atoms with Crippen molar-refractivity contribution < 1.29 is 0 Å². The van der Waals surface area contributed by atoms with Gasteiger partial charge in [0.1, 0.15) is 17.5 Å². The van der Waals surface area contributed by atoms with E-state index in [9.17, 15) is 0 Å². The van der Waals surface area contributed by atoms with Gasteiger partial charge in [-0.05, 0) is 23.7 Å². The molecule has 100 valence electrons. The normalized spacial score (nSPS) is 20.6. The maximum Gasteiger partial charge on any atom is 0.145 e. The quantitative estimate of drug-likeness (QED) is 0.563. The lowest BCUT2D eigenvalue weighted by molar-refractivity contribution is 0.457. The van der Waals surface area contributed by atoms with E-state index >= 15 is 0 Å². The molecule has 5 nitrogen and oxygen atoms in total. The number of aromatic nitrogens is 2. The Morgan fingerprint density at radius 2 is 1.72 bits per heavy atom. The lowest BCUT2D eigenvalue weighted by Gasteiger charge is -2.09. The van der Waals surface area contributed by atoms with Crippen molar-refractivity contribution in [3.63, 3.8) is 0 Å². The number of nitrogens with zero attached hydrogens (tertiary/aromatic N) is 2. The van der Waals surface area contributed by atoms with Crippen LogP contribution in [0.3, 0.4) is 0 Å². The molecule has 0 aliphatic heterocycles. The van der Waals surface area contributed by atoms with Crippen molar-refractivity contribution in [1.29, 1.82) is 0 Å². The van der Waals surface area contributed by atoms with Crippen molar-refractivity contribution in [3.8, 4) is 0 Å². The van der Waals surface area contributed by atoms with Gasteiger partial charge in [-0.1, -0.05) is 27.7 Å². The molecule has 0 amide bonds. The lowest BCUT2D eigenvalue weighted by Crippen LogP contribution is -2.13. The maximum absolute atomic E-state index is 5.37. The summed E-state index contributed by atoms with van der Waals surface area (Å²) in [7, 11) is 0. The Morgan fingerprint density at radius 3 is 2.22 bits per heavy atom. The van der Waals surface area contributed by atoms with Crippen LogP contribution in [0.15, 0.2) is 6.07 Å². The summed E-state index contributed by atoms with van der Waals surface area (Å²) in [5.74, 6) is 8.21. The van der Waals surface area contributed by atoms with E-state index in [1.54, 1.807) is 0 Å². The SMILES string of the molecule is Cc1nc(NN)cc(NCC2C(C)(C)C2(C)C)n1. The van der Waals surface area contributed by atoms with Crippen LogP contribution < -0.4 is 16.6 Å². The second-order valence-electron chi connectivity index (χ2n) is 6.21. The zero-order valence-electron chi connectivity index (χ0n) is 11.8. The molecule has 0 radical (unpaired) electrons. The lowest BCUT2D eigenvalue weighted by atomic mass is 10.0. The van der Waals surface area contributed by atoms with Crippen molar-refractivity contribution in [3.05, 3.63) is 11.9 Å². The predicted molar refractivity (Wildman–Crippen MR) is 74.1 cm³/mol. The van der Waals surface area contributed by atoms with Crippen LogP contribution in [-0.4, -0.2) is 16.5 Å². The Hall–Kier alpha value is -1.36. The molecule has 1 aliphatic rings. The first-order valence-electron chi connectivity index (χ1n) is 6.35. The molecule has 1 aromatic rings. The molecule has 1 heterocycles. The van der Waals surface area contributed by atoms with Crippen molar-refractivity contribution >= 4 is 11.6 Å². The van der Waals surface area contributed by atoms with Gasteiger partial charge in [-0.3, -0.25) is 0 Å². The van der Waals surface area contributed by atoms with Crippen LogP contribution in [0.4, 0.5) is 11.6 Å². The summed E-state index contributed by atoms with van der Waals surface area (Å²) < 4.78 is 0. The molecule has 5 heteroatoms. The van der Waals surface area contributed by atoms with E-state index in [0.29, 0.717) is 28.4 Å². The molecule has 1 fully saturated rings. The molecular weight excluding hydrogens is 226 g/mol. The molecule has 0 bridgehead atoms. The molecule has 0 saturated heterocycles. The Balaban J connectivity index is 2.02. The van der Waals surface area contributed by atoms with Gasteiger partial charge in [-0.15, -0.1) is 0 Å². The standard InChI is InChI=1S/C13H23N5/c1-8-16-10(6-11(17-8)18-14)15-7-9-12(2,3)13(9,4)5/h6,9H,7,14H2,1-5H3,(H2,15,16,17,18). The highest BCUT2D eigenvalue weighted by Crippen LogP contribution is 2.68. The number of rotatable bonds is 4. The van der Waals surface area contributed by atoms with E-state index in [0.717, 1.165) is 12.4 Å². The average Bonchev–Trinajstić information content (AvgIpc) is 2.66. The highest BCUT2D eigenvalue weighted by molar-refractivity contribution is 5.47. The van der Waals surface area contributed by atoms with E-state index in [2.05, 4.69) is 48.4 Å². The monoisotopic (exact) mass is 249 g/mol. The van der Waals surface area contributed by atoms with Crippen molar-refractivity contribution in [2.45, 2.75) is 34.6 Å². The summed E-state index contributed by atoms with van der Waals surface area (Å²) in [5.41, 5.74) is 3.32. The van der Waals surface area contributed by atoms with E-state index in [4.69, 9.17) is 5.84 Å². The molecule has 2 rings (SSSR count). The first-order valence-corrected chi connectivity index (χ1v) is 6.35. The van der Waals surface area contributed by atoms with Crippen LogP contribution >= 0.6 is 0 Å². The molecule has 18 heavy (non-hydrogen) atoms. The molecule has 0 spiro atoms. The summed E-state index contributed by atoms with van der Waals surface area (Å²) in [6.45, 7) is 12.1. The van der Waals surface area contributed by atoms with Gasteiger partial charge in [-0.25, -0.2) is 15.8 Å². The largest absolute Gasteiger partial charge is 0.370 e.